The number of fused-ring (bicyclic) bond motifs is 8. The van der Waals surface area contributed by atoms with E-state index >= 15 is 4.57 Å². The maximum atomic E-state index is 16.5. The lowest BCUT2D eigenvalue weighted by Crippen LogP contribution is -2.36. The molecule has 0 fully saturated rings. The first-order valence-electron chi connectivity index (χ1n) is 30.8. The van der Waals surface area contributed by atoms with Crippen molar-refractivity contribution in [3.8, 4) is 135 Å². The molecule has 14 aromatic carbocycles. The van der Waals surface area contributed by atoms with E-state index in [1.54, 1.807) is 0 Å². The predicted molar refractivity (Wildman–Crippen MR) is 382 cm³/mol. The average Bonchev–Trinajstić information content (AvgIpc) is 0.694. The molecule has 0 aromatic heterocycles. The van der Waals surface area contributed by atoms with E-state index in [9.17, 15) is 0 Å². The van der Waals surface area contributed by atoms with Gasteiger partial charge in [0.25, 0.3) is 0 Å². The van der Waals surface area contributed by atoms with E-state index in [1.165, 1.54) is 0 Å². The van der Waals surface area contributed by atoms with Crippen LogP contribution in [0.1, 0.15) is 0 Å². The standard InChI is InChI=1S/C42H27O3P.C42H27O2PS/c43-46-36-25-13-23-32(28-15-5-1-6-16-28)38(36)44-40-34(30-19-9-3-10-20-30)27-35(31-21-11-4-12-22-31)41(42(40)46)45-39-33(24-14-26-37(39)46)29-17-7-2-8-18-29;46-45-36-25-13-23-32(28-15-5-1-6-16-28)38(36)43-40-34(30-19-9-3-10-20-30)27-35(31-21-11-4-12-22-31)41(42(40)45)44-39-33(24-14-26-37(39)45)29-17-7-2-8-18-29/h2*1-27H. The second-order valence-electron chi connectivity index (χ2n) is 23.1. The highest BCUT2D eigenvalue weighted by molar-refractivity contribution is 8.26. The fourth-order valence-corrected chi connectivity index (χ4v) is 21.3. The zero-order chi connectivity index (χ0) is 61.3. The van der Waals surface area contributed by atoms with Crippen LogP contribution in [0, 0.1) is 0 Å². The number of para-hydroxylation sites is 4. The molecule has 0 radical (unpaired) electrons. The third-order valence-corrected chi connectivity index (χ3v) is 25.8. The Kier molecular flexibility index (Phi) is 13.6. The van der Waals surface area contributed by atoms with Gasteiger partial charge in [-0.25, -0.2) is 0 Å². The van der Waals surface area contributed by atoms with Crippen LogP contribution in [0.2, 0.25) is 0 Å². The summed E-state index contributed by atoms with van der Waals surface area (Å²) in [5.74, 6) is 5.64. The Morgan fingerprint density at radius 2 is 0.413 bits per heavy atom. The van der Waals surface area contributed by atoms with Crippen LogP contribution in [0.4, 0.5) is 0 Å². The first-order valence-corrected chi connectivity index (χ1v) is 35.3. The minimum atomic E-state index is -3.55. The maximum absolute atomic E-state index is 16.5. The molecule has 0 atom stereocenters. The molecule has 0 unspecified atom stereocenters. The van der Waals surface area contributed by atoms with E-state index < -0.39 is 13.2 Å². The Hall–Kier alpha value is -10.8. The van der Waals surface area contributed by atoms with Crippen molar-refractivity contribution in [2.24, 2.45) is 0 Å². The summed E-state index contributed by atoms with van der Waals surface area (Å²) in [5.41, 5.74) is 15.9. The largest absolute Gasteiger partial charge is 0.454 e. The Morgan fingerprint density at radius 3 is 0.663 bits per heavy atom. The summed E-state index contributed by atoms with van der Waals surface area (Å²) >= 11 is 7.15. The van der Waals surface area contributed by atoms with Crippen molar-refractivity contribution in [2.75, 3.05) is 0 Å². The second-order valence-corrected chi connectivity index (χ2v) is 30.0. The topological polar surface area (TPSA) is 54.0 Å². The van der Waals surface area contributed by atoms with Gasteiger partial charge < -0.3 is 23.5 Å². The van der Waals surface area contributed by atoms with Crippen LogP contribution >= 0.6 is 13.2 Å². The molecule has 18 rings (SSSR count). The van der Waals surface area contributed by atoms with Gasteiger partial charge in [0.05, 0.1) is 22.0 Å². The molecule has 4 heterocycles. The van der Waals surface area contributed by atoms with Crippen molar-refractivity contribution in [3.05, 3.63) is 328 Å². The van der Waals surface area contributed by atoms with Gasteiger partial charge in [-0.1, -0.05) is 303 Å². The van der Waals surface area contributed by atoms with E-state index in [0.717, 1.165) is 128 Å². The molecule has 0 saturated heterocycles. The lowest BCUT2D eigenvalue weighted by molar-refractivity contribution is 0.465. The molecule has 4 aliphatic rings. The summed E-state index contributed by atoms with van der Waals surface area (Å²) in [6.45, 7) is 0. The van der Waals surface area contributed by atoms with Gasteiger partial charge in [-0.05, 0) is 80.9 Å². The third-order valence-electron chi connectivity index (χ3n) is 17.9. The van der Waals surface area contributed by atoms with Gasteiger partial charge >= 0.3 is 0 Å². The summed E-state index contributed by atoms with van der Waals surface area (Å²) in [4.78, 5) is 0. The van der Waals surface area contributed by atoms with Crippen LogP contribution in [-0.4, -0.2) is 0 Å². The van der Waals surface area contributed by atoms with Crippen molar-refractivity contribution in [3.63, 3.8) is 0 Å². The van der Waals surface area contributed by atoms with Crippen molar-refractivity contribution < 1.29 is 23.5 Å². The van der Waals surface area contributed by atoms with Gasteiger partial charge in [0.1, 0.15) is 39.8 Å². The van der Waals surface area contributed by atoms with Gasteiger partial charge in [-0.2, -0.15) is 0 Å². The monoisotopic (exact) mass is 1240 g/mol. The molecule has 0 spiro atoms. The molecule has 0 N–H and O–H groups in total. The molecular formula is C84H54O5P2S. The molecule has 0 saturated carbocycles. The van der Waals surface area contributed by atoms with Crippen LogP contribution in [0.5, 0.6) is 46.0 Å². The first kappa shape index (κ1) is 55.2. The van der Waals surface area contributed by atoms with E-state index in [4.69, 9.17) is 30.8 Å². The Labute approximate surface area is 539 Å². The summed E-state index contributed by atoms with van der Waals surface area (Å²) in [7, 11) is -3.55. The Morgan fingerprint density at radius 1 is 0.207 bits per heavy atom. The van der Waals surface area contributed by atoms with Crippen molar-refractivity contribution >= 4 is 56.8 Å². The van der Waals surface area contributed by atoms with Crippen molar-refractivity contribution in [1.82, 2.24) is 0 Å². The molecule has 5 nitrogen and oxygen atoms in total. The highest BCUT2D eigenvalue weighted by atomic mass is 32.4. The van der Waals surface area contributed by atoms with Gasteiger partial charge in [0.2, 0.25) is 0 Å². The Bertz CT molecular complexity index is 4650. The van der Waals surface area contributed by atoms with Gasteiger partial charge in [0, 0.05) is 55.1 Å². The molecular weight excluding hydrogens is 1180 g/mol. The number of ether oxygens (including phenoxy) is 4. The molecule has 436 valence electrons. The van der Waals surface area contributed by atoms with Crippen LogP contribution in [0.25, 0.3) is 89.0 Å². The van der Waals surface area contributed by atoms with E-state index in [0.29, 0.717) is 38.9 Å². The zero-order valence-corrected chi connectivity index (χ0v) is 52.1. The fourth-order valence-electron chi connectivity index (χ4n) is 13.6. The average molecular weight is 1240 g/mol. The van der Waals surface area contributed by atoms with Gasteiger partial charge in [-0.15, -0.1) is 0 Å². The smallest absolute Gasteiger partial charge is 0.185 e. The molecule has 14 aromatic rings. The number of rotatable bonds is 8. The van der Waals surface area contributed by atoms with Crippen LogP contribution in [0.3, 0.4) is 0 Å². The normalized spacial score (nSPS) is 13.4. The van der Waals surface area contributed by atoms with Crippen LogP contribution in [0.15, 0.2) is 328 Å². The highest BCUT2D eigenvalue weighted by Crippen LogP contribution is 2.66. The molecule has 0 amide bonds. The summed E-state index contributed by atoms with van der Waals surface area (Å²) in [5, 5.41) is 5.07. The maximum Gasteiger partial charge on any atom is 0.185 e. The van der Waals surface area contributed by atoms with Crippen molar-refractivity contribution in [2.45, 2.75) is 0 Å². The van der Waals surface area contributed by atoms with Crippen LogP contribution in [-0.2, 0) is 16.4 Å². The van der Waals surface area contributed by atoms with E-state index in [-0.39, 0.29) is 0 Å². The quantitative estimate of drug-likeness (QED) is 0.141. The zero-order valence-electron chi connectivity index (χ0n) is 49.5. The SMILES string of the molecule is O=P12c3cccc(-c4ccccc4)c3Oc3c(-c4ccccc4)cc(-c4ccccc4)c(c31)Oc1c(-c3ccccc3)cccc12.S=P12c3cccc(-c4ccccc4)c3Oc3c(-c4ccccc4)cc(-c4ccccc4)c(c31)Oc1c(-c3ccccc3)cccc12. The molecule has 0 aliphatic carbocycles. The second kappa shape index (κ2) is 22.6. The lowest BCUT2D eigenvalue weighted by atomic mass is 9.96. The van der Waals surface area contributed by atoms with Crippen LogP contribution < -0.4 is 50.8 Å². The Balaban J connectivity index is 0.000000141. The highest BCUT2D eigenvalue weighted by Gasteiger charge is 2.50. The minimum Gasteiger partial charge on any atom is -0.454 e. The predicted octanol–water partition coefficient (Wildman–Crippen LogP) is 20.5. The molecule has 8 heteroatoms. The van der Waals surface area contributed by atoms with E-state index in [1.807, 2.05) is 121 Å². The number of hydrogen-bond acceptors (Lipinski definition) is 6. The van der Waals surface area contributed by atoms with Gasteiger partial charge in [0.15, 0.2) is 18.6 Å². The summed E-state index contributed by atoms with van der Waals surface area (Å²) in [6.07, 6.45) is 0. The molecule has 92 heavy (non-hydrogen) atoms. The summed E-state index contributed by atoms with van der Waals surface area (Å²) < 4.78 is 44.9. The first-order chi connectivity index (χ1) is 45.4. The lowest BCUT2D eigenvalue weighted by Gasteiger charge is -2.40. The third kappa shape index (κ3) is 8.90. The summed E-state index contributed by atoms with van der Waals surface area (Å²) in [6, 6.07) is 109. The number of hydrogen-bond donors (Lipinski definition) is 0. The van der Waals surface area contributed by atoms with Crippen molar-refractivity contribution in [1.29, 1.82) is 0 Å². The number of benzene rings is 14. The van der Waals surface area contributed by atoms with Gasteiger partial charge in [-0.3, -0.25) is 0 Å². The minimum absolute atomic E-state index is 0.579. The molecule has 4 aliphatic heterocycles. The fraction of sp³-hybridized carbons (Fsp3) is 0. The van der Waals surface area contributed by atoms with E-state index in [2.05, 4.69) is 206 Å². The molecule has 0 bridgehead atoms.